The molecule has 0 amide bonds. The summed E-state index contributed by atoms with van der Waals surface area (Å²) in [6, 6.07) is 1.41. The van der Waals surface area contributed by atoms with Gasteiger partial charge in [-0.25, -0.2) is 10.1 Å². The van der Waals surface area contributed by atoms with E-state index in [0.717, 1.165) is 0 Å². The minimum Gasteiger partial charge on any atom is -0.343 e. The van der Waals surface area contributed by atoms with Crippen molar-refractivity contribution in [1.82, 2.24) is 20.2 Å². The number of aromatic amines is 2. The maximum absolute atomic E-state index is 10.6. The minimum absolute atomic E-state index is 0.225. The second kappa shape index (κ2) is 1.66. The third kappa shape index (κ3) is 0.604. The Hall–Kier alpha value is -1.65. The number of aromatic nitrogens is 4. The van der Waals surface area contributed by atoms with Crippen molar-refractivity contribution in [2.75, 3.05) is 0 Å². The third-order valence-corrected chi connectivity index (χ3v) is 1.20. The molecule has 2 N–H and O–H groups in total. The Balaban J connectivity index is 2.99. The highest BCUT2D eigenvalue weighted by Crippen LogP contribution is 1.97. The van der Waals surface area contributed by atoms with Gasteiger partial charge in [0.2, 0.25) is 0 Å². The van der Waals surface area contributed by atoms with Gasteiger partial charge >= 0.3 is 0 Å². The van der Waals surface area contributed by atoms with Gasteiger partial charge in [0, 0.05) is 6.07 Å². The van der Waals surface area contributed by atoms with Gasteiger partial charge < -0.3 is 4.98 Å². The predicted molar refractivity (Wildman–Crippen MR) is 34.5 cm³/mol. The molecular weight excluding hydrogens is 132 g/mol. The van der Waals surface area contributed by atoms with Gasteiger partial charge in [0.1, 0.15) is 0 Å². The molecule has 0 unspecified atom stereocenters. The Morgan fingerprint density at radius 1 is 1.50 bits per heavy atom. The van der Waals surface area contributed by atoms with Gasteiger partial charge in [-0.2, -0.15) is 5.10 Å². The van der Waals surface area contributed by atoms with E-state index in [1.807, 2.05) is 0 Å². The van der Waals surface area contributed by atoms with E-state index in [1.165, 1.54) is 12.4 Å². The van der Waals surface area contributed by atoms with E-state index in [-0.39, 0.29) is 5.56 Å². The van der Waals surface area contributed by atoms with Crippen molar-refractivity contribution >= 4 is 11.2 Å². The largest absolute Gasteiger partial charge is 0.343 e. The van der Waals surface area contributed by atoms with E-state index < -0.39 is 0 Å². The van der Waals surface area contributed by atoms with Crippen molar-refractivity contribution in [3.63, 3.8) is 0 Å². The van der Waals surface area contributed by atoms with Crippen LogP contribution in [0.4, 0.5) is 0 Å². The molecule has 50 valence electrons. The average Bonchev–Trinajstić information content (AvgIpc) is 2.33. The predicted octanol–water partition coefficient (Wildman–Crippen LogP) is -0.354. The zero-order valence-corrected chi connectivity index (χ0v) is 4.96. The lowest BCUT2D eigenvalue weighted by atomic mass is 10.5. The van der Waals surface area contributed by atoms with Gasteiger partial charge in [-0.1, -0.05) is 0 Å². The van der Waals surface area contributed by atoms with Gasteiger partial charge in [0.25, 0.3) is 5.56 Å². The van der Waals surface area contributed by atoms with E-state index in [9.17, 15) is 4.79 Å². The first-order valence-electron chi connectivity index (χ1n) is 2.75. The number of hydrogen-bond donors (Lipinski definition) is 2. The summed E-state index contributed by atoms with van der Waals surface area (Å²) < 4.78 is 0. The van der Waals surface area contributed by atoms with Crippen LogP contribution in [-0.4, -0.2) is 20.2 Å². The van der Waals surface area contributed by atoms with Crippen LogP contribution in [0.2, 0.25) is 0 Å². The Morgan fingerprint density at radius 2 is 2.40 bits per heavy atom. The molecule has 2 aromatic heterocycles. The molecule has 0 saturated carbocycles. The Labute approximate surface area is 55.1 Å². The van der Waals surface area contributed by atoms with Crippen molar-refractivity contribution in [1.29, 1.82) is 0 Å². The van der Waals surface area contributed by atoms with Crippen molar-refractivity contribution in [3.05, 3.63) is 22.7 Å². The number of hydrogen-bond acceptors (Lipinski definition) is 3. The molecule has 0 aliphatic heterocycles. The summed E-state index contributed by atoms with van der Waals surface area (Å²) >= 11 is 0. The zero-order valence-electron chi connectivity index (χ0n) is 4.96. The van der Waals surface area contributed by atoms with Gasteiger partial charge in [-0.15, -0.1) is 0 Å². The molecule has 0 aliphatic rings. The lowest BCUT2D eigenvalue weighted by Gasteiger charge is -1.81. The molecular formula is C5H4N4O. The zero-order chi connectivity index (χ0) is 6.97. The normalized spacial score (nSPS) is 10.4. The fourth-order valence-electron chi connectivity index (χ4n) is 0.764. The molecule has 0 fully saturated rings. The highest BCUT2D eigenvalue weighted by atomic mass is 16.1. The van der Waals surface area contributed by atoms with Crippen LogP contribution in [0.15, 0.2) is 17.2 Å². The SMILES string of the molecule is O=c1cc2[nH]cnc2n[nH]1. The summed E-state index contributed by atoms with van der Waals surface area (Å²) in [5.41, 5.74) is 0.958. The molecule has 0 saturated heterocycles. The standard InChI is InChI=1S/C5H4N4O/c10-4-1-3-5(9-8-4)7-2-6-3/h1-2H,(H,8,10)(H,6,7,9). The van der Waals surface area contributed by atoms with Crippen LogP contribution in [0, 0.1) is 0 Å². The van der Waals surface area contributed by atoms with E-state index in [2.05, 4.69) is 20.2 Å². The molecule has 2 rings (SSSR count). The van der Waals surface area contributed by atoms with Crippen LogP contribution in [0.5, 0.6) is 0 Å². The minimum atomic E-state index is -0.225. The summed E-state index contributed by atoms with van der Waals surface area (Å²) in [5, 5.41) is 5.93. The summed E-state index contributed by atoms with van der Waals surface area (Å²) in [7, 11) is 0. The second-order valence-electron chi connectivity index (χ2n) is 1.87. The summed E-state index contributed by atoms with van der Waals surface area (Å²) in [4.78, 5) is 17.2. The molecule has 0 bridgehead atoms. The Morgan fingerprint density at radius 3 is 3.30 bits per heavy atom. The van der Waals surface area contributed by atoms with Crippen molar-refractivity contribution < 1.29 is 0 Å². The first-order valence-corrected chi connectivity index (χ1v) is 2.75. The molecule has 0 atom stereocenters. The lowest BCUT2D eigenvalue weighted by Crippen LogP contribution is -2.04. The van der Waals surface area contributed by atoms with Gasteiger partial charge in [0.15, 0.2) is 5.65 Å². The van der Waals surface area contributed by atoms with Crippen LogP contribution in [-0.2, 0) is 0 Å². The first-order chi connectivity index (χ1) is 4.86. The molecule has 0 radical (unpaired) electrons. The Bertz CT molecular complexity index is 401. The van der Waals surface area contributed by atoms with Gasteiger partial charge in [-0.05, 0) is 0 Å². The fourth-order valence-corrected chi connectivity index (χ4v) is 0.764. The van der Waals surface area contributed by atoms with Crippen molar-refractivity contribution in [2.24, 2.45) is 0 Å². The molecule has 2 aromatic rings. The quantitative estimate of drug-likeness (QED) is 0.519. The summed E-state index contributed by atoms with van der Waals surface area (Å²) in [5.74, 6) is 0. The van der Waals surface area contributed by atoms with Gasteiger partial charge in [0.05, 0.1) is 11.8 Å². The number of nitrogens with zero attached hydrogens (tertiary/aromatic N) is 2. The number of fused-ring (bicyclic) bond motifs is 1. The molecule has 0 aliphatic carbocycles. The highest BCUT2D eigenvalue weighted by molar-refractivity contribution is 5.67. The lowest BCUT2D eigenvalue weighted by molar-refractivity contribution is 1.02. The average molecular weight is 136 g/mol. The Kier molecular flexibility index (Phi) is 0.858. The fraction of sp³-hybridized carbons (Fsp3) is 0. The smallest absolute Gasteiger partial charge is 0.266 e. The summed E-state index contributed by atoms with van der Waals surface area (Å²) in [6.45, 7) is 0. The molecule has 0 spiro atoms. The molecule has 5 heteroatoms. The van der Waals surface area contributed by atoms with E-state index in [0.29, 0.717) is 11.2 Å². The summed E-state index contributed by atoms with van der Waals surface area (Å²) in [6.07, 6.45) is 1.49. The first kappa shape index (κ1) is 5.16. The highest BCUT2D eigenvalue weighted by Gasteiger charge is 1.94. The van der Waals surface area contributed by atoms with Crippen molar-refractivity contribution in [3.8, 4) is 0 Å². The van der Waals surface area contributed by atoms with Crippen LogP contribution in [0.25, 0.3) is 11.2 Å². The number of rotatable bonds is 0. The van der Waals surface area contributed by atoms with Crippen LogP contribution in [0.1, 0.15) is 0 Å². The molecule has 0 aromatic carbocycles. The van der Waals surface area contributed by atoms with E-state index >= 15 is 0 Å². The maximum Gasteiger partial charge on any atom is 0.266 e. The third-order valence-electron chi connectivity index (χ3n) is 1.20. The molecule has 2 heterocycles. The van der Waals surface area contributed by atoms with Gasteiger partial charge in [-0.3, -0.25) is 4.79 Å². The maximum atomic E-state index is 10.6. The monoisotopic (exact) mass is 136 g/mol. The van der Waals surface area contributed by atoms with E-state index in [1.54, 1.807) is 0 Å². The number of nitrogens with one attached hydrogen (secondary N) is 2. The van der Waals surface area contributed by atoms with Crippen LogP contribution in [0.3, 0.4) is 0 Å². The number of imidazole rings is 1. The molecule has 10 heavy (non-hydrogen) atoms. The van der Waals surface area contributed by atoms with E-state index in [4.69, 9.17) is 0 Å². The van der Waals surface area contributed by atoms with Crippen LogP contribution < -0.4 is 5.56 Å². The second-order valence-corrected chi connectivity index (χ2v) is 1.87. The number of H-pyrrole nitrogens is 2. The molecule has 5 nitrogen and oxygen atoms in total. The topological polar surface area (TPSA) is 74.4 Å². The van der Waals surface area contributed by atoms with Crippen molar-refractivity contribution in [2.45, 2.75) is 0 Å². The van der Waals surface area contributed by atoms with Crippen LogP contribution >= 0.6 is 0 Å².